The van der Waals surface area contributed by atoms with Gasteiger partial charge in [0.2, 0.25) is 5.91 Å². The van der Waals surface area contributed by atoms with E-state index in [1.54, 1.807) is 35.2 Å². The maximum Gasteiger partial charge on any atom is 0.234 e. The fraction of sp³-hybridized carbons (Fsp3) is 0.333. The van der Waals surface area contributed by atoms with Gasteiger partial charge in [-0.05, 0) is 18.2 Å². The summed E-state index contributed by atoms with van der Waals surface area (Å²) in [5, 5.41) is 11.9. The van der Waals surface area contributed by atoms with Crippen molar-refractivity contribution in [2.45, 2.75) is 11.7 Å². The van der Waals surface area contributed by atoms with Gasteiger partial charge in [0.05, 0.1) is 18.6 Å². The number of rotatable bonds is 2. The molecule has 5 nitrogen and oxygen atoms in total. The van der Waals surface area contributed by atoms with E-state index >= 15 is 0 Å². The van der Waals surface area contributed by atoms with Crippen molar-refractivity contribution in [2.24, 2.45) is 11.8 Å². The molecule has 0 radical (unpaired) electrons. The highest BCUT2D eigenvalue weighted by molar-refractivity contribution is 6.31. The lowest BCUT2D eigenvalue weighted by atomic mass is 9.77. The number of carboxylic acid groups (broad SMARTS) is 1. The summed E-state index contributed by atoms with van der Waals surface area (Å²) in [5.74, 6) is -3.14. The summed E-state index contributed by atoms with van der Waals surface area (Å²) in [4.78, 5) is 25.6. The Morgan fingerprint density at radius 1 is 1.48 bits per heavy atom. The van der Waals surface area contributed by atoms with Crippen LogP contribution in [0.5, 0.6) is 0 Å². The van der Waals surface area contributed by atoms with E-state index in [0.29, 0.717) is 17.3 Å². The fourth-order valence-electron chi connectivity index (χ4n) is 3.63. The van der Waals surface area contributed by atoms with Crippen molar-refractivity contribution >= 4 is 29.2 Å². The lowest BCUT2D eigenvalue weighted by molar-refractivity contribution is -0.313. The van der Waals surface area contributed by atoms with Crippen LogP contribution in [0.15, 0.2) is 36.4 Å². The van der Waals surface area contributed by atoms with Gasteiger partial charge in [-0.15, -0.1) is 0 Å². The van der Waals surface area contributed by atoms with Gasteiger partial charge in [0.15, 0.2) is 0 Å². The van der Waals surface area contributed by atoms with Crippen LogP contribution in [-0.4, -0.2) is 30.1 Å². The molecule has 3 heterocycles. The molecule has 0 unspecified atom stereocenters. The van der Waals surface area contributed by atoms with Crippen molar-refractivity contribution in [2.75, 3.05) is 11.4 Å². The van der Waals surface area contributed by atoms with Crippen LogP contribution in [0.2, 0.25) is 5.02 Å². The number of carbonyl (C=O) groups is 2. The number of carbonyl (C=O) groups excluding carboxylic acids is 2. The van der Waals surface area contributed by atoms with E-state index in [2.05, 4.69) is 0 Å². The van der Waals surface area contributed by atoms with E-state index in [1.165, 1.54) is 0 Å². The standard InChI is InChI=1S/C15H12ClNO4/c16-8-2-1-3-9(6-8)17-7-15-5-4-10(21-15)11(14(19)20)12(15)13(17)18/h1-6,10-12H,7H2,(H,19,20)/p-1/t10-,11-,12+,15-/m0/s1. The van der Waals surface area contributed by atoms with Crippen LogP contribution in [-0.2, 0) is 14.3 Å². The smallest absolute Gasteiger partial charge is 0.234 e. The molecule has 0 aliphatic carbocycles. The second-order valence-electron chi connectivity index (χ2n) is 5.62. The second-order valence-corrected chi connectivity index (χ2v) is 6.06. The third kappa shape index (κ3) is 1.61. The number of halogens is 1. The molecule has 4 rings (SSSR count). The van der Waals surface area contributed by atoms with Gasteiger partial charge in [-0.25, -0.2) is 0 Å². The average molecular weight is 305 g/mol. The van der Waals surface area contributed by atoms with Crippen LogP contribution < -0.4 is 10.0 Å². The number of nitrogens with zero attached hydrogens (tertiary/aromatic N) is 1. The van der Waals surface area contributed by atoms with Gasteiger partial charge in [0.25, 0.3) is 0 Å². The summed E-state index contributed by atoms with van der Waals surface area (Å²) in [5.41, 5.74) is -0.205. The Hall–Kier alpha value is -1.85. The third-order valence-electron chi connectivity index (χ3n) is 4.49. The first-order chi connectivity index (χ1) is 10.0. The minimum atomic E-state index is -1.24. The zero-order valence-corrected chi connectivity index (χ0v) is 11.6. The lowest BCUT2D eigenvalue weighted by Gasteiger charge is -2.24. The first-order valence-electron chi connectivity index (χ1n) is 6.67. The number of fused-ring (bicyclic) bond motifs is 1. The number of carboxylic acids is 1. The summed E-state index contributed by atoms with van der Waals surface area (Å²) in [6.07, 6.45) is 2.96. The Labute approximate surface area is 125 Å². The highest BCUT2D eigenvalue weighted by atomic mass is 35.5. The van der Waals surface area contributed by atoms with Gasteiger partial charge >= 0.3 is 0 Å². The van der Waals surface area contributed by atoms with Gasteiger partial charge in [-0.3, -0.25) is 4.79 Å². The Kier molecular flexibility index (Phi) is 2.50. The number of benzene rings is 1. The molecule has 21 heavy (non-hydrogen) atoms. The quantitative estimate of drug-likeness (QED) is 0.741. The van der Waals surface area contributed by atoms with E-state index in [0.717, 1.165) is 0 Å². The van der Waals surface area contributed by atoms with Gasteiger partial charge in [-0.1, -0.05) is 29.8 Å². The summed E-state index contributed by atoms with van der Waals surface area (Å²) in [7, 11) is 0. The normalized spacial score (nSPS) is 36.3. The molecule has 1 amide bonds. The van der Waals surface area contributed by atoms with Gasteiger partial charge < -0.3 is 19.5 Å². The molecule has 2 bridgehead atoms. The van der Waals surface area contributed by atoms with E-state index < -0.39 is 29.5 Å². The van der Waals surface area contributed by atoms with Gasteiger partial charge in [0, 0.05) is 22.6 Å². The maximum atomic E-state index is 12.7. The molecule has 6 heteroatoms. The molecule has 0 N–H and O–H groups in total. The van der Waals surface area contributed by atoms with Crippen molar-refractivity contribution in [3.05, 3.63) is 41.4 Å². The molecular formula is C15H11ClNO4-. The second kappa shape index (κ2) is 4.08. The van der Waals surface area contributed by atoms with Crippen LogP contribution in [0.3, 0.4) is 0 Å². The molecule has 1 aromatic carbocycles. The monoisotopic (exact) mass is 304 g/mol. The van der Waals surface area contributed by atoms with Crippen molar-refractivity contribution in [3.8, 4) is 0 Å². The molecule has 0 aromatic heterocycles. The zero-order chi connectivity index (χ0) is 14.8. The van der Waals surface area contributed by atoms with Gasteiger partial charge in [-0.2, -0.15) is 0 Å². The minimum absolute atomic E-state index is 0.252. The highest BCUT2D eigenvalue weighted by Crippen LogP contribution is 2.52. The van der Waals surface area contributed by atoms with Crippen molar-refractivity contribution in [1.29, 1.82) is 0 Å². The average Bonchev–Trinajstić information content (AvgIpc) is 3.07. The maximum absolute atomic E-state index is 12.7. The number of ether oxygens (including phenoxy) is 1. The third-order valence-corrected chi connectivity index (χ3v) is 4.73. The SMILES string of the molecule is O=C([O-])[C@H]1[C@@H]2C=C[C@@]3(CN(c4cccc(Cl)c4)C(=O)[C@@H]13)O2. The summed E-state index contributed by atoms with van der Waals surface area (Å²) >= 11 is 5.96. The summed E-state index contributed by atoms with van der Waals surface area (Å²) < 4.78 is 5.78. The molecule has 1 aromatic rings. The molecule has 108 valence electrons. The molecule has 3 aliphatic heterocycles. The number of anilines is 1. The van der Waals surface area contributed by atoms with Crippen molar-refractivity contribution < 1.29 is 19.4 Å². The first-order valence-corrected chi connectivity index (χ1v) is 7.05. The molecule has 1 spiro atoms. The van der Waals surface area contributed by atoms with Crippen LogP contribution in [0, 0.1) is 11.8 Å². The van der Waals surface area contributed by atoms with Gasteiger partial charge in [0.1, 0.15) is 5.60 Å². The van der Waals surface area contributed by atoms with E-state index in [4.69, 9.17) is 16.3 Å². The fourth-order valence-corrected chi connectivity index (χ4v) is 3.81. The molecule has 0 saturated carbocycles. The molecule has 4 atom stereocenters. The Balaban J connectivity index is 1.75. The number of hydrogen-bond acceptors (Lipinski definition) is 4. The largest absolute Gasteiger partial charge is 0.550 e. The molecule has 3 aliphatic rings. The van der Waals surface area contributed by atoms with Crippen LogP contribution in [0.4, 0.5) is 5.69 Å². The predicted octanol–water partition coefficient (Wildman–Crippen LogP) is 0.376. The summed E-state index contributed by atoms with van der Waals surface area (Å²) in [6, 6.07) is 6.92. The topological polar surface area (TPSA) is 69.7 Å². The zero-order valence-electron chi connectivity index (χ0n) is 10.9. The molecular weight excluding hydrogens is 294 g/mol. The lowest BCUT2D eigenvalue weighted by Crippen LogP contribution is -2.45. The van der Waals surface area contributed by atoms with Crippen molar-refractivity contribution in [1.82, 2.24) is 0 Å². The van der Waals surface area contributed by atoms with Crippen molar-refractivity contribution in [3.63, 3.8) is 0 Å². The first kappa shape index (κ1) is 12.9. The number of amides is 1. The Bertz CT molecular complexity index is 688. The summed E-state index contributed by atoms with van der Waals surface area (Å²) in [6.45, 7) is 0.299. The van der Waals surface area contributed by atoms with Crippen LogP contribution >= 0.6 is 11.6 Å². The van der Waals surface area contributed by atoms with Crippen LogP contribution in [0.25, 0.3) is 0 Å². The Morgan fingerprint density at radius 3 is 3.00 bits per heavy atom. The molecule has 2 saturated heterocycles. The van der Waals surface area contributed by atoms with E-state index in [1.807, 2.05) is 6.08 Å². The highest BCUT2D eigenvalue weighted by Gasteiger charge is 2.65. The van der Waals surface area contributed by atoms with Crippen LogP contribution in [0.1, 0.15) is 0 Å². The number of hydrogen-bond donors (Lipinski definition) is 0. The van der Waals surface area contributed by atoms with E-state index in [-0.39, 0.29) is 5.91 Å². The van der Waals surface area contributed by atoms with E-state index in [9.17, 15) is 14.7 Å². The predicted molar refractivity (Wildman–Crippen MR) is 72.5 cm³/mol. The molecule has 2 fully saturated rings. The number of aliphatic carboxylic acids is 1. The Morgan fingerprint density at radius 2 is 2.29 bits per heavy atom. The minimum Gasteiger partial charge on any atom is -0.550 e.